The van der Waals surface area contributed by atoms with E-state index in [9.17, 15) is 0 Å². The van der Waals surface area contributed by atoms with Gasteiger partial charge in [0.2, 0.25) is 0 Å². The van der Waals surface area contributed by atoms with Gasteiger partial charge in [-0.1, -0.05) is 65.3 Å². The van der Waals surface area contributed by atoms with Crippen molar-refractivity contribution in [2.24, 2.45) is 0 Å². The van der Waals surface area contributed by atoms with E-state index in [0.29, 0.717) is 21.0 Å². The third-order valence-electron chi connectivity index (χ3n) is 3.04. The minimum atomic E-state index is 0. The lowest BCUT2D eigenvalue weighted by Gasteiger charge is -2.09. The van der Waals surface area contributed by atoms with Crippen molar-refractivity contribution in [3.63, 3.8) is 0 Å². The molecule has 3 rings (SSSR count). The molecule has 0 spiro atoms. The normalized spacial score (nSPS) is 10.1. The van der Waals surface area contributed by atoms with Crippen LogP contribution in [-0.2, 0) is 5.75 Å². The van der Waals surface area contributed by atoms with Crippen LogP contribution < -0.4 is 17.7 Å². The molecule has 0 aliphatic carbocycles. The van der Waals surface area contributed by atoms with Gasteiger partial charge in [0.15, 0.2) is 5.16 Å². The van der Waals surface area contributed by atoms with Crippen LogP contribution in [0, 0.1) is 0 Å². The largest absolute Gasteiger partial charge is 1.00 e. The summed E-state index contributed by atoms with van der Waals surface area (Å²) in [5.74, 6) is 1.50. The Morgan fingerprint density at radius 2 is 1.79 bits per heavy atom. The van der Waals surface area contributed by atoms with E-state index in [4.69, 9.17) is 23.2 Å². The van der Waals surface area contributed by atoms with Gasteiger partial charge in [-0.05, 0) is 29.8 Å². The molecule has 2 aromatic carbocycles. The topological polar surface area (TPSA) is 37.8 Å². The van der Waals surface area contributed by atoms with Gasteiger partial charge >= 0.3 is 0 Å². The van der Waals surface area contributed by atoms with Crippen molar-refractivity contribution in [3.8, 4) is 0 Å². The fourth-order valence-electron chi connectivity index (χ4n) is 1.93. The molecule has 24 heavy (non-hydrogen) atoms. The van der Waals surface area contributed by atoms with Crippen molar-refractivity contribution in [1.82, 2.24) is 9.97 Å². The van der Waals surface area contributed by atoms with E-state index in [2.05, 4.69) is 27.4 Å². The van der Waals surface area contributed by atoms with Gasteiger partial charge in [-0.15, -0.1) is 0 Å². The second-order valence-corrected chi connectivity index (χ2v) is 6.53. The maximum Gasteiger partial charge on any atom is 0.189 e. The lowest BCUT2D eigenvalue weighted by molar-refractivity contribution is -0.00000448. The van der Waals surface area contributed by atoms with Crippen molar-refractivity contribution < 1.29 is 12.4 Å². The highest BCUT2D eigenvalue weighted by Gasteiger charge is 2.05. The van der Waals surface area contributed by atoms with E-state index >= 15 is 0 Å². The first-order chi connectivity index (χ1) is 11.2. The van der Waals surface area contributed by atoms with Crippen LogP contribution in [0.15, 0.2) is 66.0 Å². The molecule has 0 amide bonds. The van der Waals surface area contributed by atoms with Crippen LogP contribution in [0.2, 0.25) is 10.0 Å². The summed E-state index contributed by atoms with van der Waals surface area (Å²) in [4.78, 5) is 8.78. The number of halogens is 3. The summed E-state index contributed by atoms with van der Waals surface area (Å²) in [6.07, 6.45) is 1.72. The molecule has 0 fully saturated rings. The fraction of sp³-hybridized carbons (Fsp3) is 0.0588. The summed E-state index contributed by atoms with van der Waals surface area (Å²) >= 11 is 13.7. The van der Waals surface area contributed by atoms with E-state index < -0.39 is 0 Å². The van der Waals surface area contributed by atoms with Crippen molar-refractivity contribution in [3.05, 3.63) is 76.4 Å². The Morgan fingerprint density at radius 1 is 1.00 bits per heavy atom. The molecular formula is C17H13Cl3N3S-. The molecule has 0 radical (unpaired) electrons. The minimum Gasteiger partial charge on any atom is -1.00 e. The van der Waals surface area contributed by atoms with Crippen LogP contribution in [-0.4, -0.2) is 9.97 Å². The quantitative estimate of drug-likeness (QED) is 0.531. The third-order valence-corrected chi connectivity index (χ3v) is 4.53. The molecule has 3 aromatic rings. The SMILES string of the molecule is Clc1ccc(Cl)c(Nc2ccnc(SCc3ccccc3)n2)c1.[Cl-]. The van der Waals surface area contributed by atoms with Gasteiger partial charge in [0.05, 0.1) is 10.7 Å². The Kier molecular flexibility index (Phi) is 7.18. The van der Waals surface area contributed by atoms with Crippen LogP contribution in [0.5, 0.6) is 0 Å². The van der Waals surface area contributed by atoms with Crippen molar-refractivity contribution in [1.29, 1.82) is 0 Å². The third kappa shape index (κ3) is 5.28. The zero-order valence-electron chi connectivity index (χ0n) is 12.4. The molecular weight excluding hydrogens is 385 g/mol. The molecule has 7 heteroatoms. The minimum absolute atomic E-state index is 0. The molecule has 124 valence electrons. The number of benzene rings is 2. The Morgan fingerprint density at radius 3 is 2.58 bits per heavy atom. The Bertz CT molecular complexity index is 800. The molecule has 0 saturated carbocycles. The van der Waals surface area contributed by atoms with Gasteiger partial charge in [0.25, 0.3) is 0 Å². The zero-order valence-corrected chi connectivity index (χ0v) is 15.5. The van der Waals surface area contributed by atoms with Gasteiger partial charge in [-0.3, -0.25) is 0 Å². The Hall–Kier alpha value is -1.46. The summed E-state index contributed by atoms with van der Waals surface area (Å²) in [7, 11) is 0. The summed E-state index contributed by atoms with van der Waals surface area (Å²) < 4.78 is 0. The van der Waals surface area contributed by atoms with E-state index in [0.717, 1.165) is 11.4 Å². The number of rotatable bonds is 5. The highest BCUT2D eigenvalue weighted by Crippen LogP contribution is 2.28. The second kappa shape index (κ2) is 9.14. The number of hydrogen-bond donors (Lipinski definition) is 1. The van der Waals surface area contributed by atoms with E-state index in [-0.39, 0.29) is 12.4 Å². The Labute approximate surface area is 161 Å². The van der Waals surface area contributed by atoms with Crippen molar-refractivity contribution >= 4 is 46.5 Å². The monoisotopic (exact) mass is 396 g/mol. The summed E-state index contributed by atoms with van der Waals surface area (Å²) in [6, 6.07) is 17.3. The average molecular weight is 398 g/mol. The van der Waals surface area contributed by atoms with Gasteiger partial charge in [-0.25, -0.2) is 9.97 Å². The molecule has 0 bridgehead atoms. The molecule has 0 aliphatic heterocycles. The molecule has 0 aliphatic rings. The number of aromatic nitrogens is 2. The molecule has 1 N–H and O–H groups in total. The van der Waals surface area contributed by atoms with Gasteiger partial charge in [-0.2, -0.15) is 0 Å². The molecule has 0 atom stereocenters. The van der Waals surface area contributed by atoms with Crippen molar-refractivity contribution in [2.75, 3.05) is 5.32 Å². The number of thioether (sulfide) groups is 1. The fourth-order valence-corrected chi connectivity index (χ4v) is 3.06. The second-order valence-electron chi connectivity index (χ2n) is 4.75. The van der Waals surface area contributed by atoms with Gasteiger partial charge < -0.3 is 17.7 Å². The number of nitrogens with zero attached hydrogens (tertiary/aromatic N) is 2. The first kappa shape index (κ1) is 18.9. The molecule has 1 aromatic heterocycles. The zero-order chi connectivity index (χ0) is 16.1. The number of nitrogens with one attached hydrogen (secondary N) is 1. The van der Waals surface area contributed by atoms with E-state index in [1.807, 2.05) is 18.2 Å². The van der Waals surface area contributed by atoms with Crippen LogP contribution >= 0.6 is 35.0 Å². The number of anilines is 2. The lowest BCUT2D eigenvalue weighted by atomic mass is 10.2. The predicted octanol–water partition coefficient (Wildman–Crippen LogP) is 2.82. The highest BCUT2D eigenvalue weighted by atomic mass is 35.5. The van der Waals surface area contributed by atoms with Crippen LogP contribution in [0.1, 0.15) is 5.56 Å². The van der Waals surface area contributed by atoms with Crippen molar-refractivity contribution in [2.45, 2.75) is 10.9 Å². The first-order valence-electron chi connectivity index (χ1n) is 6.92. The average Bonchev–Trinajstić information content (AvgIpc) is 2.58. The summed E-state index contributed by atoms with van der Waals surface area (Å²) in [6.45, 7) is 0. The Balaban J connectivity index is 0.00000208. The maximum atomic E-state index is 6.16. The standard InChI is InChI=1S/C17H13Cl2N3S.ClH/c18-13-6-7-14(19)15(10-13)21-16-8-9-20-17(22-16)23-11-12-4-2-1-3-5-12;/h1-10H,11H2,(H,20,21,22);1H/p-1. The van der Waals surface area contributed by atoms with Crippen LogP contribution in [0.25, 0.3) is 0 Å². The summed E-state index contributed by atoms with van der Waals surface area (Å²) in [5.41, 5.74) is 1.95. The van der Waals surface area contributed by atoms with Gasteiger partial charge in [0.1, 0.15) is 5.82 Å². The molecule has 0 unspecified atom stereocenters. The van der Waals surface area contributed by atoms with Crippen LogP contribution in [0.4, 0.5) is 11.5 Å². The maximum absolute atomic E-state index is 6.16. The summed E-state index contributed by atoms with van der Waals surface area (Å²) in [5, 5.41) is 5.08. The molecule has 1 heterocycles. The predicted molar refractivity (Wildman–Crippen MR) is 97.8 cm³/mol. The number of hydrogen-bond acceptors (Lipinski definition) is 4. The van der Waals surface area contributed by atoms with E-state index in [1.54, 1.807) is 42.2 Å². The van der Waals surface area contributed by atoms with Gasteiger partial charge in [0, 0.05) is 17.0 Å². The molecule has 0 saturated heterocycles. The van der Waals surface area contributed by atoms with E-state index in [1.165, 1.54) is 5.56 Å². The van der Waals surface area contributed by atoms with Crippen LogP contribution in [0.3, 0.4) is 0 Å². The molecule has 3 nitrogen and oxygen atoms in total. The first-order valence-corrected chi connectivity index (χ1v) is 8.67. The highest BCUT2D eigenvalue weighted by molar-refractivity contribution is 7.98. The smallest absolute Gasteiger partial charge is 0.189 e. The lowest BCUT2D eigenvalue weighted by Crippen LogP contribution is -3.00.